The molecule has 0 aromatic rings. The zero-order valence-corrected chi connectivity index (χ0v) is 12.8. The fourth-order valence-electron chi connectivity index (χ4n) is 4.10. The molecule has 2 aliphatic rings. The minimum atomic E-state index is -1.70. The van der Waals surface area contributed by atoms with Gasteiger partial charge in [-0.25, -0.2) is 0 Å². The van der Waals surface area contributed by atoms with Crippen LogP contribution in [0.25, 0.3) is 0 Å². The molecule has 3 N–H and O–H groups in total. The fourth-order valence-corrected chi connectivity index (χ4v) is 4.10. The molecule has 1 saturated carbocycles. The summed E-state index contributed by atoms with van der Waals surface area (Å²) in [4.78, 5) is 12.7. The van der Waals surface area contributed by atoms with Crippen molar-refractivity contribution >= 4 is 5.91 Å². The lowest BCUT2D eigenvalue weighted by Gasteiger charge is -2.50. The predicted octanol–water partition coefficient (Wildman–Crippen LogP) is -0.596. The molecule has 1 saturated heterocycles. The summed E-state index contributed by atoms with van der Waals surface area (Å²) < 4.78 is 16.8. The summed E-state index contributed by atoms with van der Waals surface area (Å²) in [5, 5.41) is 23.4. The van der Waals surface area contributed by atoms with Gasteiger partial charge in [0.1, 0.15) is 11.0 Å². The van der Waals surface area contributed by atoms with Gasteiger partial charge in [0.2, 0.25) is 11.7 Å². The van der Waals surface area contributed by atoms with E-state index in [0.29, 0.717) is 19.6 Å². The summed E-state index contributed by atoms with van der Waals surface area (Å²) in [6, 6.07) is 0. The van der Waals surface area contributed by atoms with Crippen LogP contribution in [0.2, 0.25) is 0 Å². The van der Waals surface area contributed by atoms with E-state index in [0.717, 1.165) is 6.42 Å². The normalized spacial score (nSPS) is 38.7. The molecule has 0 aromatic carbocycles. The third kappa shape index (κ3) is 1.95. The smallest absolute Gasteiger partial charge is 0.234 e. The molecule has 7 heteroatoms. The Hall–Kier alpha value is -0.730. The van der Waals surface area contributed by atoms with Gasteiger partial charge in [-0.1, -0.05) is 0 Å². The van der Waals surface area contributed by atoms with Crippen LogP contribution in [-0.4, -0.2) is 67.6 Å². The van der Waals surface area contributed by atoms with Crippen LogP contribution in [0.15, 0.2) is 0 Å². The van der Waals surface area contributed by atoms with Crippen molar-refractivity contribution in [3.63, 3.8) is 0 Å². The lowest BCUT2D eigenvalue weighted by Crippen LogP contribution is -2.69. The molecule has 1 amide bonds. The van der Waals surface area contributed by atoms with E-state index in [-0.39, 0.29) is 12.3 Å². The Kier molecular flexibility index (Phi) is 4.60. The molecule has 122 valence electrons. The number of rotatable bonds is 5. The lowest BCUT2D eigenvalue weighted by atomic mass is 9.70. The Morgan fingerprint density at radius 1 is 1.38 bits per heavy atom. The molecule has 1 spiro atoms. The quantitative estimate of drug-likeness (QED) is 0.587. The van der Waals surface area contributed by atoms with Crippen LogP contribution >= 0.6 is 0 Å². The molecule has 0 radical (unpaired) electrons. The second-order valence-corrected chi connectivity index (χ2v) is 5.69. The number of amides is 1. The van der Waals surface area contributed by atoms with E-state index in [2.05, 4.69) is 5.32 Å². The van der Waals surface area contributed by atoms with E-state index in [1.165, 1.54) is 14.2 Å². The second kappa shape index (κ2) is 5.81. The average Bonchev–Trinajstić information content (AvgIpc) is 2.70. The van der Waals surface area contributed by atoms with Gasteiger partial charge < -0.3 is 29.7 Å². The minimum Gasteiger partial charge on any atom is -0.393 e. The van der Waals surface area contributed by atoms with Crippen molar-refractivity contribution in [2.24, 2.45) is 5.41 Å². The molecule has 0 aromatic heterocycles. The maximum atomic E-state index is 12.7. The molecular weight excluding hydrogens is 278 g/mol. The Labute approximate surface area is 124 Å². The summed E-state index contributed by atoms with van der Waals surface area (Å²) in [5.74, 6) is -1.90. The van der Waals surface area contributed by atoms with Crippen molar-refractivity contribution in [2.45, 2.75) is 43.7 Å². The van der Waals surface area contributed by atoms with Gasteiger partial charge in [-0.05, 0) is 19.8 Å². The molecule has 1 heterocycles. The number of carbonyl (C=O) groups excluding carboxylic acids is 1. The van der Waals surface area contributed by atoms with Crippen LogP contribution in [-0.2, 0) is 19.0 Å². The van der Waals surface area contributed by atoms with Crippen molar-refractivity contribution < 1.29 is 29.2 Å². The van der Waals surface area contributed by atoms with Crippen LogP contribution in [0, 0.1) is 5.41 Å². The molecule has 1 aliphatic carbocycles. The summed E-state index contributed by atoms with van der Waals surface area (Å²) in [5.41, 5.74) is -2.88. The van der Waals surface area contributed by atoms with E-state index >= 15 is 0 Å². The monoisotopic (exact) mass is 303 g/mol. The van der Waals surface area contributed by atoms with Gasteiger partial charge in [-0.3, -0.25) is 4.79 Å². The van der Waals surface area contributed by atoms with Crippen LogP contribution in [0.1, 0.15) is 26.2 Å². The summed E-state index contributed by atoms with van der Waals surface area (Å²) >= 11 is 0. The molecule has 1 aliphatic heterocycles. The molecule has 3 atom stereocenters. The van der Waals surface area contributed by atoms with Gasteiger partial charge in [0.15, 0.2) is 0 Å². The van der Waals surface area contributed by atoms with Crippen LogP contribution in [0.4, 0.5) is 0 Å². The molecule has 0 bridgehead atoms. The molecular formula is C14H25NO6. The third-order valence-corrected chi connectivity index (χ3v) is 4.92. The summed E-state index contributed by atoms with van der Waals surface area (Å²) in [6.45, 7) is 2.21. The van der Waals surface area contributed by atoms with E-state index in [9.17, 15) is 15.0 Å². The van der Waals surface area contributed by atoms with Crippen molar-refractivity contribution in [3.05, 3.63) is 0 Å². The Morgan fingerprint density at radius 3 is 2.52 bits per heavy atom. The maximum Gasteiger partial charge on any atom is 0.234 e. The largest absolute Gasteiger partial charge is 0.393 e. The van der Waals surface area contributed by atoms with Gasteiger partial charge >= 0.3 is 0 Å². The number of ether oxygens (including phenoxy) is 3. The van der Waals surface area contributed by atoms with Crippen LogP contribution in [0.3, 0.4) is 0 Å². The highest BCUT2D eigenvalue weighted by molar-refractivity contribution is 5.86. The van der Waals surface area contributed by atoms with E-state index in [4.69, 9.17) is 14.2 Å². The summed E-state index contributed by atoms with van der Waals surface area (Å²) in [6.07, 6.45) is 0.686. The highest BCUT2D eigenvalue weighted by Gasteiger charge is 2.77. The Morgan fingerprint density at radius 2 is 2.05 bits per heavy atom. The van der Waals surface area contributed by atoms with E-state index < -0.39 is 29.5 Å². The summed E-state index contributed by atoms with van der Waals surface area (Å²) in [7, 11) is 2.75. The van der Waals surface area contributed by atoms with Gasteiger partial charge in [0, 0.05) is 33.8 Å². The first-order valence-corrected chi connectivity index (χ1v) is 7.31. The number of methoxy groups -OCH3 is 2. The highest BCUT2D eigenvalue weighted by Crippen LogP contribution is 2.58. The number of hydrogen-bond acceptors (Lipinski definition) is 6. The van der Waals surface area contributed by atoms with Gasteiger partial charge in [0.25, 0.3) is 0 Å². The third-order valence-electron chi connectivity index (χ3n) is 4.92. The van der Waals surface area contributed by atoms with E-state index in [1.54, 1.807) is 0 Å². The topological polar surface area (TPSA) is 97.2 Å². The number of carbonyl (C=O) groups is 1. The average molecular weight is 303 g/mol. The predicted molar refractivity (Wildman–Crippen MR) is 73.5 cm³/mol. The number of nitrogens with one attached hydrogen (secondary N) is 1. The standard InChI is InChI=1S/C14H25NO6/c1-4-21-10-8-12(18,9-16)14(19-2,20-3)13(10)6-5-7-15-11(13)17/h10,16,18H,4-9H2,1-3H3,(H,15,17)/t10-,12-,13+/m0/s1. The minimum absolute atomic E-state index is 0.0758. The molecule has 7 nitrogen and oxygen atoms in total. The first kappa shape index (κ1) is 16.6. The molecule has 2 fully saturated rings. The molecule has 0 unspecified atom stereocenters. The van der Waals surface area contributed by atoms with Crippen molar-refractivity contribution in [2.75, 3.05) is 34.0 Å². The zero-order chi connectivity index (χ0) is 15.7. The second-order valence-electron chi connectivity index (χ2n) is 5.69. The molecule has 21 heavy (non-hydrogen) atoms. The van der Waals surface area contributed by atoms with Crippen molar-refractivity contribution in [3.8, 4) is 0 Å². The van der Waals surface area contributed by atoms with Gasteiger partial charge in [-0.15, -0.1) is 0 Å². The zero-order valence-electron chi connectivity index (χ0n) is 12.8. The van der Waals surface area contributed by atoms with Crippen LogP contribution in [0.5, 0.6) is 0 Å². The lowest BCUT2D eigenvalue weighted by molar-refractivity contribution is -0.336. The van der Waals surface area contributed by atoms with Crippen molar-refractivity contribution in [1.82, 2.24) is 5.32 Å². The number of hydrogen-bond donors (Lipinski definition) is 3. The molecule has 2 rings (SSSR count). The van der Waals surface area contributed by atoms with E-state index in [1.807, 2.05) is 6.92 Å². The first-order chi connectivity index (χ1) is 9.98. The number of piperidine rings is 1. The number of aliphatic hydroxyl groups excluding tert-OH is 1. The Balaban J connectivity index is 2.60. The van der Waals surface area contributed by atoms with Gasteiger partial charge in [0.05, 0.1) is 12.7 Å². The number of aliphatic hydroxyl groups is 2. The first-order valence-electron chi connectivity index (χ1n) is 7.31. The van der Waals surface area contributed by atoms with Gasteiger partial charge in [-0.2, -0.15) is 0 Å². The Bertz CT molecular complexity index is 399. The highest BCUT2D eigenvalue weighted by atomic mass is 16.7. The van der Waals surface area contributed by atoms with Crippen molar-refractivity contribution in [1.29, 1.82) is 0 Å². The maximum absolute atomic E-state index is 12.7. The SMILES string of the molecule is CCO[C@H]1C[C@](O)(CO)C(OC)(OC)[C@]12CCCNC2=O. The van der Waals surface area contributed by atoms with Crippen LogP contribution < -0.4 is 5.32 Å². The fraction of sp³-hybridized carbons (Fsp3) is 0.929.